The number of nitrogens with zero attached hydrogens (tertiary/aromatic N) is 2. The summed E-state index contributed by atoms with van der Waals surface area (Å²) in [6.07, 6.45) is 5.26. The topological polar surface area (TPSA) is 32.8 Å². The van der Waals surface area contributed by atoms with Gasteiger partial charge in [0.1, 0.15) is 0 Å². The van der Waals surface area contributed by atoms with E-state index in [1.54, 1.807) is 0 Å². The standard InChI is InChI=1S/C18H26N2O2/c1-14-17(19-10-4-3-5-11-19)9-12-20(14)16-8-6-7-15(13-16)18(21)22-2/h6-8,13-14,17H,3-5,9-12H2,1-2H3. The van der Waals surface area contributed by atoms with Gasteiger partial charge in [0.15, 0.2) is 0 Å². The molecule has 3 rings (SSSR count). The highest BCUT2D eigenvalue weighted by Crippen LogP contribution is 2.30. The summed E-state index contributed by atoms with van der Waals surface area (Å²) in [6.45, 7) is 5.86. The van der Waals surface area contributed by atoms with Crippen molar-refractivity contribution < 1.29 is 9.53 Å². The summed E-state index contributed by atoms with van der Waals surface area (Å²) >= 11 is 0. The number of rotatable bonds is 3. The Morgan fingerprint density at radius 1 is 1.18 bits per heavy atom. The number of benzene rings is 1. The average Bonchev–Trinajstić information content (AvgIpc) is 2.96. The molecular weight excluding hydrogens is 276 g/mol. The van der Waals surface area contributed by atoms with E-state index < -0.39 is 0 Å². The maximum Gasteiger partial charge on any atom is 0.337 e. The zero-order chi connectivity index (χ0) is 15.5. The van der Waals surface area contributed by atoms with Crippen molar-refractivity contribution >= 4 is 11.7 Å². The smallest absolute Gasteiger partial charge is 0.337 e. The van der Waals surface area contributed by atoms with Crippen molar-refractivity contribution in [2.75, 3.05) is 31.6 Å². The first-order valence-electron chi connectivity index (χ1n) is 8.40. The van der Waals surface area contributed by atoms with Gasteiger partial charge in [-0.1, -0.05) is 12.5 Å². The number of hydrogen-bond acceptors (Lipinski definition) is 4. The van der Waals surface area contributed by atoms with Gasteiger partial charge in [0.2, 0.25) is 0 Å². The van der Waals surface area contributed by atoms with Crippen LogP contribution in [0.3, 0.4) is 0 Å². The normalized spacial score (nSPS) is 26.2. The molecule has 2 fully saturated rings. The van der Waals surface area contributed by atoms with Gasteiger partial charge < -0.3 is 9.64 Å². The number of ether oxygens (including phenoxy) is 1. The molecule has 1 aromatic rings. The second-order valence-electron chi connectivity index (χ2n) is 6.43. The third-order valence-corrected chi connectivity index (χ3v) is 5.17. The quantitative estimate of drug-likeness (QED) is 0.804. The van der Waals surface area contributed by atoms with Crippen LogP contribution in [0, 0.1) is 0 Å². The number of carbonyl (C=O) groups is 1. The van der Waals surface area contributed by atoms with Gasteiger partial charge in [0.25, 0.3) is 0 Å². The number of carbonyl (C=O) groups excluding carboxylic acids is 1. The largest absolute Gasteiger partial charge is 0.465 e. The summed E-state index contributed by atoms with van der Waals surface area (Å²) in [5.74, 6) is -0.263. The molecule has 0 radical (unpaired) electrons. The summed E-state index contributed by atoms with van der Waals surface area (Å²) < 4.78 is 4.83. The molecule has 120 valence electrons. The molecule has 2 saturated heterocycles. The predicted molar refractivity (Wildman–Crippen MR) is 88.4 cm³/mol. The molecule has 0 amide bonds. The zero-order valence-electron chi connectivity index (χ0n) is 13.6. The van der Waals surface area contributed by atoms with E-state index in [0.717, 1.165) is 12.2 Å². The average molecular weight is 302 g/mol. The minimum absolute atomic E-state index is 0.263. The first-order valence-corrected chi connectivity index (χ1v) is 8.40. The third-order valence-electron chi connectivity index (χ3n) is 5.17. The van der Waals surface area contributed by atoms with E-state index in [2.05, 4.69) is 22.8 Å². The fraction of sp³-hybridized carbons (Fsp3) is 0.611. The van der Waals surface area contributed by atoms with Gasteiger partial charge in [-0.25, -0.2) is 4.79 Å². The van der Waals surface area contributed by atoms with Crippen LogP contribution in [0.5, 0.6) is 0 Å². The van der Waals surface area contributed by atoms with Crippen molar-refractivity contribution in [3.05, 3.63) is 29.8 Å². The van der Waals surface area contributed by atoms with Crippen molar-refractivity contribution in [2.45, 2.75) is 44.7 Å². The molecule has 2 unspecified atom stereocenters. The number of piperidine rings is 1. The Morgan fingerprint density at radius 2 is 1.95 bits per heavy atom. The zero-order valence-corrected chi connectivity index (χ0v) is 13.6. The third kappa shape index (κ3) is 2.98. The highest BCUT2D eigenvalue weighted by Gasteiger charge is 2.35. The Bertz CT molecular complexity index is 526. The summed E-state index contributed by atoms with van der Waals surface area (Å²) in [5, 5.41) is 0. The van der Waals surface area contributed by atoms with E-state index in [1.807, 2.05) is 18.2 Å². The summed E-state index contributed by atoms with van der Waals surface area (Å²) in [4.78, 5) is 16.8. The van der Waals surface area contributed by atoms with Gasteiger partial charge in [0.05, 0.1) is 12.7 Å². The van der Waals surface area contributed by atoms with Gasteiger partial charge in [-0.05, 0) is 57.5 Å². The van der Waals surface area contributed by atoms with Crippen molar-refractivity contribution in [1.82, 2.24) is 4.90 Å². The molecule has 2 atom stereocenters. The van der Waals surface area contributed by atoms with Crippen molar-refractivity contribution in [1.29, 1.82) is 0 Å². The first-order chi connectivity index (χ1) is 10.7. The lowest BCUT2D eigenvalue weighted by molar-refractivity contribution is 0.0601. The Balaban J connectivity index is 1.74. The number of esters is 1. The molecule has 0 bridgehead atoms. The Hall–Kier alpha value is -1.55. The second-order valence-corrected chi connectivity index (χ2v) is 6.43. The Morgan fingerprint density at radius 3 is 2.68 bits per heavy atom. The van der Waals surface area contributed by atoms with Gasteiger partial charge in [-0.15, -0.1) is 0 Å². The molecule has 2 aliphatic heterocycles. The maximum absolute atomic E-state index is 11.7. The summed E-state index contributed by atoms with van der Waals surface area (Å²) in [7, 11) is 1.43. The van der Waals surface area contributed by atoms with Crippen LogP contribution >= 0.6 is 0 Å². The highest BCUT2D eigenvalue weighted by atomic mass is 16.5. The first kappa shape index (κ1) is 15.3. The van der Waals surface area contributed by atoms with Crippen molar-refractivity contribution in [3.63, 3.8) is 0 Å². The number of methoxy groups -OCH3 is 1. The summed E-state index contributed by atoms with van der Waals surface area (Å²) in [5.41, 5.74) is 1.77. The lowest BCUT2D eigenvalue weighted by atomic mass is 10.0. The molecule has 0 saturated carbocycles. The molecule has 4 heteroatoms. The minimum Gasteiger partial charge on any atom is -0.465 e. The van der Waals surface area contributed by atoms with Crippen molar-refractivity contribution in [2.24, 2.45) is 0 Å². The van der Waals surface area contributed by atoms with E-state index in [-0.39, 0.29) is 5.97 Å². The maximum atomic E-state index is 11.7. The lowest BCUT2D eigenvalue weighted by Gasteiger charge is -2.36. The van der Waals surface area contributed by atoms with Crippen LogP contribution in [0.15, 0.2) is 24.3 Å². The van der Waals surface area contributed by atoms with Crippen LogP contribution < -0.4 is 4.90 Å². The molecule has 4 nitrogen and oxygen atoms in total. The van der Waals surface area contributed by atoms with E-state index in [4.69, 9.17) is 4.74 Å². The Kier molecular flexibility index (Phi) is 4.67. The molecule has 0 spiro atoms. The van der Waals surface area contributed by atoms with E-state index in [9.17, 15) is 4.79 Å². The van der Waals surface area contributed by atoms with Gasteiger partial charge >= 0.3 is 5.97 Å². The predicted octanol–water partition coefficient (Wildman–Crippen LogP) is 2.93. The minimum atomic E-state index is -0.263. The molecule has 2 aliphatic rings. The van der Waals surface area contributed by atoms with Gasteiger partial charge in [-0.2, -0.15) is 0 Å². The van der Waals surface area contributed by atoms with E-state index in [1.165, 1.54) is 45.9 Å². The van der Waals surface area contributed by atoms with Gasteiger partial charge in [0, 0.05) is 24.3 Å². The fourth-order valence-corrected chi connectivity index (χ4v) is 3.96. The number of likely N-dealkylation sites (tertiary alicyclic amines) is 1. The molecule has 0 aromatic heterocycles. The van der Waals surface area contributed by atoms with Crippen LogP contribution in [-0.4, -0.2) is 49.7 Å². The summed E-state index contributed by atoms with van der Waals surface area (Å²) in [6, 6.07) is 8.96. The van der Waals surface area contributed by atoms with Crippen LogP contribution in [0.4, 0.5) is 5.69 Å². The van der Waals surface area contributed by atoms with Crippen LogP contribution in [0.25, 0.3) is 0 Å². The molecule has 1 aromatic carbocycles. The fourth-order valence-electron chi connectivity index (χ4n) is 3.96. The molecule has 22 heavy (non-hydrogen) atoms. The SMILES string of the molecule is COC(=O)c1cccc(N2CCC(N3CCCCC3)C2C)c1. The second kappa shape index (κ2) is 6.69. The van der Waals surface area contributed by atoms with E-state index in [0.29, 0.717) is 17.6 Å². The van der Waals surface area contributed by atoms with E-state index >= 15 is 0 Å². The van der Waals surface area contributed by atoms with Crippen LogP contribution in [0.1, 0.15) is 43.0 Å². The Labute approximate surface area is 133 Å². The molecular formula is C18H26N2O2. The number of anilines is 1. The van der Waals surface area contributed by atoms with Gasteiger partial charge in [-0.3, -0.25) is 4.90 Å². The molecule has 0 aliphatic carbocycles. The van der Waals surface area contributed by atoms with Crippen LogP contribution in [0.2, 0.25) is 0 Å². The number of hydrogen-bond donors (Lipinski definition) is 0. The molecule has 2 heterocycles. The monoisotopic (exact) mass is 302 g/mol. The van der Waals surface area contributed by atoms with Crippen molar-refractivity contribution in [3.8, 4) is 0 Å². The highest BCUT2D eigenvalue weighted by molar-refractivity contribution is 5.90. The molecule has 0 N–H and O–H groups in total. The van der Waals surface area contributed by atoms with Crippen LogP contribution in [-0.2, 0) is 4.74 Å². The lowest BCUT2D eigenvalue weighted by Crippen LogP contribution is -2.45.